The van der Waals surface area contributed by atoms with Gasteiger partial charge in [-0.25, -0.2) is 4.39 Å². The summed E-state index contributed by atoms with van der Waals surface area (Å²) in [6.45, 7) is 8.45. The standard InChI is InChI=1S/C26H33FN4O3S/c1-5-6-13-31(25(33)21-9-7-8-10-22(21)27)26-29-28-24(35-26)20-11-12-23(19(3)18(20)2)34-17-15-30(4)14-16-32/h7-12,32H,5-6,13-17H2,1-4H3. The lowest BCUT2D eigenvalue weighted by molar-refractivity contribution is 0.0982. The summed E-state index contributed by atoms with van der Waals surface area (Å²) in [5, 5.41) is 18.8. The van der Waals surface area contributed by atoms with E-state index < -0.39 is 11.7 Å². The molecule has 0 unspecified atom stereocenters. The molecule has 7 nitrogen and oxygen atoms in total. The Labute approximate surface area is 210 Å². The molecule has 0 aliphatic heterocycles. The van der Waals surface area contributed by atoms with Crippen LogP contribution in [0.15, 0.2) is 36.4 Å². The maximum absolute atomic E-state index is 14.3. The van der Waals surface area contributed by atoms with Crippen molar-refractivity contribution in [3.8, 4) is 16.3 Å². The van der Waals surface area contributed by atoms with Crippen molar-refractivity contribution < 1.29 is 19.0 Å². The SMILES string of the molecule is CCCCN(C(=O)c1ccccc1F)c1nnc(-c2ccc(OCCN(C)CCO)c(C)c2C)s1. The van der Waals surface area contributed by atoms with Crippen LogP contribution in [0.5, 0.6) is 5.75 Å². The maximum Gasteiger partial charge on any atom is 0.263 e. The van der Waals surface area contributed by atoms with Gasteiger partial charge < -0.3 is 14.7 Å². The van der Waals surface area contributed by atoms with Crippen LogP contribution >= 0.6 is 11.3 Å². The average Bonchev–Trinajstić information content (AvgIpc) is 3.32. The van der Waals surface area contributed by atoms with Crippen LogP contribution in [0.25, 0.3) is 10.6 Å². The maximum atomic E-state index is 14.3. The quantitative estimate of drug-likeness (QED) is 0.388. The van der Waals surface area contributed by atoms with Crippen molar-refractivity contribution >= 4 is 22.4 Å². The van der Waals surface area contributed by atoms with Crippen LogP contribution in [-0.4, -0.2) is 66.0 Å². The number of amides is 1. The van der Waals surface area contributed by atoms with Crippen LogP contribution < -0.4 is 9.64 Å². The topological polar surface area (TPSA) is 78.8 Å². The highest BCUT2D eigenvalue weighted by Gasteiger charge is 2.24. The Kier molecular flexibility index (Phi) is 9.71. The molecule has 0 aliphatic rings. The highest BCUT2D eigenvalue weighted by molar-refractivity contribution is 7.18. The molecule has 2 aromatic carbocycles. The fourth-order valence-corrected chi connectivity index (χ4v) is 4.54. The lowest BCUT2D eigenvalue weighted by atomic mass is 10.0. The number of likely N-dealkylation sites (N-methyl/N-ethyl adjacent to an activating group) is 1. The molecule has 0 fully saturated rings. The van der Waals surface area contributed by atoms with Gasteiger partial charge in [-0.3, -0.25) is 9.69 Å². The first kappa shape index (κ1) is 26.7. The summed E-state index contributed by atoms with van der Waals surface area (Å²) < 4.78 is 20.3. The molecule has 35 heavy (non-hydrogen) atoms. The van der Waals surface area contributed by atoms with Gasteiger partial charge in [-0.1, -0.05) is 36.8 Å². The molecule has 0 atom stereocenters. The molecule has 0 aliphatic carbocycles. The normalized spacial score (nSPS) is 11.2. The molecule has 9 heteroatoms. The van der Waals surface area contributed by atoms with Crippen molar-refractivity contribution in [2.75, 3.05) is 44.8 Å². The van der Waals surface area contributed by atoms with E-state index in [-0.39, 0.29) is 12.2 Å². The summed E-state index contributed by atoms with van der Waals surface area (Å²) in [6, 6.07) is 9.87. The summed E-state index contributed by atoms with van der Waals surface area (Å²) in [5.74, 6) is -0.164. The first-order valence-corrected chi connectivity index (χ1v) is 12.6. The molecule has 3 aromatic rings. The number of aromatic nitrogens is 2. The minimum absolute atomic E-state index is 0.0264. The van der Waals surface area contributed by atoms with Crippen molar-refractivity contribution in [3.63, 3.8) is 0 Å². The lowest BCUT2D eigenvalue weighted by Gasteiger charge is -2.19. The molecule has 0 saturated heterocycles. The summed E-state index contributed by atoms with van der Waals surface area (Å²) in [7, 11) is 1.94. The first-order valence-electron chi connectivity index (χ1n) is 11.8. The van der Waals surface area contributed by atoms with E-state index in [1.54, 1.807) is 12.1 Å². The zero-order chi connectivity index (χ0) is 25.4. The Bertz CT molecular complexity index is 1140. The van der Waals surface area contributed by atoms with Crippen LogP contribution in [0.4, 0.5) is 9.52 Å². The van der Waals surface area contributed by atoms with Gasteiger partial charge >= 0.3 is 0 Å². The summed E-state index contributed by atoms with van der Waals surface area (Å²) in [5.41, 5.74) is 2.98. The number of nitrogens with zero attached hydrogens (tertiary/aromatic N) is 4. The predicted octanol–water partition coefficient (Wildman–Crippen LogP) is 4.71. The third-order valence-electron chi connectivity index (χ3n) is 5.91. The van der Waals surface area contributed by atoms with Gasteiger partial charge in [0, 0.05) is 25.2 Å². The number of ether oxygens (including phenoxy) is 1. The Morgan fingerprint density at radius 1 is 1.09 bits per heavy atom. The van der Waals surface area contributed by atoms with Gasteiger partial charge in [-0.05, 0) is 62.7 Å². The second-order valence-electron chi connectivity index (χ2n) is 8.42. The number of hydrogen-bond acceptors (Lipinski definition) is 7. The van der Waals surface area contributed by atoms with Gasteiger partial charge in [0.25, 0.3) is 5.91 Å². The Morgan fingerprint density at radius 3 is 2.57 bits per heavy atom. The van der Waals surface area contributed by atoms with Crippen LogP contribution in [0, 0.1) is 19.7 Å². The van der Waals surface area contributed by atoms with E-state index in [0.717, 1.165) is 35.3 Å². The van der Waals surface area contributed by atoms with Gasteiger partial charge in [0.2, 0.25) is 5.13 Å². The molecule has 1 heterocycles. The second-order valence-corrected chi connectivity index (χ2v) is 9.37. The van der Waals surface area contributed by atoms with E-state index in [0.29, 0.717) is 36.4 Å². The largest absolute Gasteiger partial charge is 0.492 e. The number of aliphatic hydroxyl groups is 1. The number of unbranched alkanes of at least 4 members (excludes halogenated alkanes) is 1. The number of aliphatic hydroxyl groups excluding tert-OH is 1. The van der Waals surface area contributed by atoms with Crippen LogP contribution in [0.1, 0.15) is 41.3 Å². The van der Waals surface area contributed by atoms with E-state index in [1.807, 2.05) is 44.9 Å². The Balaban J connectivity index is 1.82. The van der Waals surface area contributed by atoms with Crippen molar-refractivity contribution in [1.82, 2.24) is 15.1 Å². The van der Waals surface area contributed by atoms with Crippen molar-refractivity contribution in [3.05, 3.63) is 58.9 Å². The Hall–Kier alpha value is -2.88. The molecule has 0 radical (unpaired) electrons. The van der Waals surface area contributed by atoms with E-state index in [2.05, 4.69) is 10.2 Å². The van der Waals surface area contributed by atoms with E-state index in [4.69, 9.17) is 9.84 Å². The molecule has 0 saturated carbocycles. The van der Waals surface area contributed by atoms with E-state index in [9.17, 15) is 9.18 Å². The number of carbonyl (C=O) groups is 1. The summed E-state index contributed by atoms with van der Waals surface area (Å²) >= 11 is 1.32. The zero-order valence-electron chi connectivity index (χ0n) is 20.8. The van der Waals surface area contributed by atoms with Crippen LogP contribution in [-0.2, 0) is 0 Å². The van der Waals surface area contributed by atoms with Gasteiger partial charge in [0.1, 0.15) is 23.2 Å². The molecular formula is C26H33FN4O3S. The fraction of sp³-hybridized carbons (Fsp3) is 0.423. The minimum Gasteiger partial charge on any atom is -0.492 e. The van der Waals surface area contributed by atoms with Crippen molar-refractivity contribution in [2.45, 2.75) is 33.6 Å². The number of carbonyl (C=O) groups excluding carboxylic acids is 1. The van der Waals surface area contributed by atoms with Gasteiger partial charge in [-0.2, -0.15) is 0 Å². The molecule has 1 aromatic heterocycles. The third kappa shape index (κ3) is 6.62. The number of benzene rings is 2. The monoisotopic (exact) mass is 500 g/mol. The summed E-state index contributed by atoms with van der Waals surface area (Å²) in [6.07, 6.45) is 1.66. The number of halogens is 1. The van der Waals surface area contributed by atoms with E-state index in [1.165, 1.54) is 28.4 Å². The molecule has 0 spiro atoms. The fourth-order valence-electron chi connectivity index (χ4n) is 3.59. The molecule has 188 valence electrons. The first-order chi connectivity index (χ1) is 16.9. The average molecular weight is 501 g/mol. The highest BCUT2D eigenvalue weighted by atomic mass is 32.1. The van der Waals surface area contributed by atoms with Crippen molar-refractivity contribution in [2.24, 2.45) is 0 Å². The molecule has 1 amide bonds. The lowest BCUT2D eigenvalue weighted by Crippen LogP contribution is -2.32. The minimum atomic E-state index is -0.548. The smallest absolute Gasteiger partial charge is 0.263 e. The second kappa shape index (κ2) is 12.7. The van der Waals surface area contributed by atoms with Gasteiger partial charge in [-0.15, -0.1) is 10.2 Å². The number of hydrogen-bond donors (Lipinski definition) is 1. The zero-order valence-corrected chi connectivity index (χ0v) is 21.6. The molecule has 1 N–H and O–H groups in total. The van der Waals surface area contributed by atoms with E-state index >= 15 is 0 Å². The number of rotatable bonds is 12. The van der Waals surface area contributed by atoms with Crippen LogP contribution in [0.3, 0.4) is 0 Å². The highest BCUT2D eigenvalue weighted by Crippen LogP contribution is 2.35. The summed E-state index contributed by atoms with van der Waals surface area (Å²) in [4.78, 5) is 16.7. The number of anilines is 1. The third-order valence-corrected chi connectivity index (χ3v) is 6.89. The molecule has 0 bridgehead atoms. The van der Waals surface area contributed by atoms with Gasteiger partial charge in [0.15, 0.2) is 0 Å². The Morgan fingerprint density at radius 2 is 1.86 bits per heavy atom. The van der Waals surface area contributed by atoms with Crippen LogP contribution in [0.2, 0.25) is 0 Å². The predicted molar refractivity (Wildman–Crippen MR) is 138 cm³/mol. The van der Waals surface area contributed by atoms with Gasteiger partial charge in [0.05, 0.1) is 12.2 Å². The molecule has 3 rings (SSSR count). The van der Waals surface area contributed by atoms with Crippen molar-refractivity contribution in [1.29, 1.82) is 0 Å². The molecular weight excluding hydrogens is 467 g/mol.